The zero-order valence-corrected chi connectivity index (χ0v) is 20.5. The molecule has 0 amide bonds. The Morgan fingerprint density at radius 3 is 2.57 bits per heavy atom. The zero-order valence-electron chi connectivity index (χ0n) is 19.7. The van der Waals surface area contributed by atoms with Gasteiger partial charge in [-0.2, -0.15) is 5.10 Å². The number of hydrogen-bond donors (Lipinski definition) is 4. The second-order valence-electron chi connectivity index (χ2n) is 8.46. The van der Waals surface area contributed by atoms with Crippen molar-refractivity contribution in [3.63, 3.8) is 0 Å². The number of rotatable bonds is 8. The number of carboxylic acids is 2. The van der Waals surface area contributed by atoms with Gasteiger partial charge < -0.3 is 25.0 Å². The SMILES string of the molecule is Cn1nc(Nc2cccc(-c3ccc4c(c3)OCCO4)c2Cl)c2ccc(CNC(C(=O)O)C(=O)O)cc21. The largest absolute Gasteiger partial charge is 0.486 e. The fraction of sp³-hybridized carbons (Fsp3) is 0.192. The van der Waals surface area contributed by atoms with Gasteiger partial charge in [0.2, 0.25) is 6.04 Å². The highest BCUT2D eigenvalue weighted by Crippen LogP contribution is 2.40. The molecule has 0 unspecified atom stereocenters. The van der Waals surface area contributed by atoms with Crippen LogP contribution in [-0.2, 0) is 23.2 Å². The molecular formula is C26H23ClN4O6. The first-order chi connectivity index (χ1) is 17.8. The van der Waals surface area contributed by atoms with Crippen LogP contribution in [0.5, 0.6) is 11.5 Å². The number of hydrogen-bond acceptors (Lipinski definition) is 7. The Morgan fingerprint density at radius 1 is 1.05 bits per heavy atom. The molecule has 0 saturated carbocycles. The molecule has 5 rings (SSSR count). The van der Waals surface area contributed by atoms with Gasteiger partial charge in [-0.3, -0.25) is 10.00 Å². The molecule has 0 aliphatic carbocycles. The van der Waals surface area contributed by atoms with Gasteiger partial charge in [0.15, 0.2) is 17.3 Å². The Balaban J connectivity index is 1.40. The molecule has 2 heterocycles. The van der Waals surface area contributed by atoms with Crippen LogP contribution in [0.15, 0.2) is 54.6 Å². The molecule has 1 aliphatic heterocycles. The molecule has 11 heteroatoms. The lowest BCUT2D eigenvalue weighted by atomic mass is 10.0. The smallest absolute Gasteiger partial charge is 0.332 e. The molecule has 4 N–H and O–H groups in total. The van der Waals surface area contributed by atoms with E-state index in [-0.39, 0.29) is 6.54 Å². The summed E-state index contributed by atoms with van der Waals surface area (Å²) in [6.45, 7) is 1.08. The van der Waals surface area contributed by atoms with Gasteiger partial charge in [-0.05, 0) is 41.5 Å². The standard InChI is InChI=1S/C26H23ClN4O6/c1-31-19-11-14(13-28-23(25(32)33)26(34)35)5-7-17(19)24(30-31)29-18-4-2-3-16(22(18)27)15-6-8-20-21(12-15)37-10-9-36-20/h2-8,11-12,23,28H,9-10,13H2,1H3,(H,29,30)(H,32,33)(H,34,35). The van der Waals surface area contributed by atoms with E-state index >= 15 is 0 Å². The predicted molar refractivity (Wildman–Crippen MR) is 138 cm³/mol. The Bertz CT molecular complexity index is 1500. The average molecular weight is 523 g/mol. The maximum atomic E-state index is 11.1. The van der Waals surface area contributed by atoms with Crippen molar-refractivity contribution in [1.29, 1.82) is 0 Å². The summed E-state index contributed by atoms with van der Waals surface area (Å²) in [4.78, 5) is 22.2. The summed E-state index contributed by atoms with van der Waals surface area (Å²) in [6.07, 6.45) is 0. The molecule has 0 spiro atoms. The predicted octanol–water partition coefficient (Wildman–Crippen LogP) is 4.04. The van der Waals surface area contributed by atoms with E-state index in [1.807, 2.05) is 48.5 Å². The molecule has 0 saturated heterocycles. The molecule has 10 nitrogen and oxygen atoms in total. The number of nitrogens with one attached hydrogen (secondary N) is 2. The number of aromatic nitrogens is 2. The minimum absolute atomic E-state index is 0.0660. The normalized spacial score (nSPS) is 12.6. The highest BCUT2D eigenvalue weighted by atomic mass is 35.5. The number of benzene rings is 3. The maximum absolute atomic E-state index is 11.1. The van der Waals surface area contributed by atoms with Gasteiger partial charge in [0.1, 0.15) is 13.2 Å². The Labute approximate surface area is 216 Å². The van der Waals surface area contributed by atoms with E-state index in [9.17, 15) is 9.59 Å². The van der Waals surface area contributed by atoms with Gasteiger partial charge >= 0.3 is 11.9 Å². The molecule has 3 aromatic carbocycles. The quantitative estimate of drug-likeness (QED) is 0.253. The van der Waals surface area contributed by atoms with Crippen molar-refractivity contribution in [2.45, 2.75) is 12.6 Å². The van der Waals surface area contributed by atoms with Crippen LogP contribution >= 0.6 is 11.6 Å². The monoisotopic (exact) mass is 522 g/mol. The number of aryl methyl sites for hydroxylation is 1. The molecule has 0 radical (unpaired) electrons. The third kappa shape index (κ3) is 4.89. The van der Waals surface area contributed by atoms with E-state index in [1.54, 1.807) is 17.8 Å². The molecule has 0 bridgehead atoms. The summed E-state index contributed by atoms with van der Waals surface area (Å²) in [5.41, 5.74) is 3.88. The fourth-order valence-electron chi connectivity index (χ4n) is 4.20. The van der Waals surface area contributed by atoms with Crippen molar-refractivity contribution in [3.05, 3.63) is 65.2 Å². The lowest BCUT2D eigenvalue weighted by Gasteiger charge is -2.19. The summed E-state index contributed by atoms with van der Waals surface area (Å²) in [6, 6.07) is 15.2. The van der Waals surface area contributed by atoms with Crippen LogP contribution in [-0.4, -0.2) is 51.2 Å². The lowest BCUT2D eigenvalue weighted by Crippen LogP contribution is -2.42. The van der Waals surface area contributed by atoms with Crippen molar-refractivity contribution < 1.29 is 29.3 Å². The van der Waals surface area contributed by atoms with E-state index in [2.05, 4.69) is 15.7 Å². The fourth-order valence-corrected chi connectivity index (χ4v) is 4.48. The van der Waals surface area contributed by atoms with Crippen molar-refractivity contribution >= 4 is 45.9 Å². The third-order valence-electron chi connectivity index (χ3n) is 6.03. The van der Waals surface area contributed by atoms with Crippen LogP contribution < -0.4 is 20.1 Å². The van der Waals surface area contributed by atoms with Gasteiger partial charge in [0, 0.05) is 24.5 Å². The molecule has 1 aliphatic rings. The molecule has 1 aromatic heterocycles. The van der Waals surface area contributed by atoms with E-state index in [0.717, 1.165) is 22.0 Å². The van der Waals surface area contributed by atoms with Crippen LogP contribution in [0, 0.1) is 0 Å². The highest BCUT2D eigenvalue weighted by molar-refractivity contribution is 6.36. The summed E-state index contributed by atoms with van der Waals surface area (Å²) in [5, 5.41) is 29.9. The van der Waals surface area contributed by atoms with Gasteiger partial charge in [-0.1, -0.05) is 35.9 Å². The van der Waals surface area contributed by atoms with Crippen LogP contribution in [0.25, 0.3) is 22.0 Å². The zero-order chi connectivity index (χ0) is 26.1. The number of anilines is 2. The van der Waals surface area contributed by atoms with Crippen LogP contribution in [0.2, 0.25) is 5.02 Å². The number of nitrogens with zero attached hydrogens (tertiary/aromatic N) is 2. The summed E-state index contributed by atoms with van der Waals surface area (Å²) in [5.74, 6) is -0.923. The second kappa shape index (κ2) is 10.00. The number of fused-ring (bicyclic) bond motifs is 2. The molecule has 0 fully saturated rings. The molecule has 4 aromatic rings. The topological polar surface area (TPSA) is 135 Å². The van der Waals surface area contributed by atoms with Crippen LogP contribution in [0.1, 0.15) is 5.56 Å². The lowest BCUT2D eigenvalue weighted by molar-refractivity contribution is -0.151. The number of ether oxygens (including phenoxy) is 2. The first kappa shape index (κ1) is 24.4. The van der Waals surface area contributed by atoms with E-state index < -0.39 is 18.0 Å². The Kier molecular flexibility index (Phi) is 6.60. The van der Waals surface area contributed by atoms with Gasteiger partial charge in [-0.25, -0.2) is 9.59 Å². The van der Waals surface area contributed by atoms with Crippen molar-refractivity contribution in [2.75, 3.05) is 18.5 Å². The number of carboxylic acid groups (broad SMARTS) is 2. The third-order valence-corrected chi connectivity index (χ3v) is 6.43. The molecule has 37 heavy (non-hydrogen) atoms. The first-order valence-corrected chi connectivity index (χ1v) is 11.8. The van der Waals surface area contributed by atoms with Crippen molar-refractivity contribution in [3.8, 4) is 22.6 Å². The highest BCUT2D eigenvalue weighted by Gasteiger charge is 2.25. The van der Waals surface area contributed by atoms with E-state index in [1.165, 1.54) is 0 Å². The van der Waals surface area contributed by atoms with Crippen LogP contribution in [0.3, 0.4) is 0 Å². The first-order valence-electron chi connectivity index (χ1n) is 11.4. The number of carbonyl (C=O) groups is 2. The van der Waals surface area contributed by atoms with Gasteiger partial charge in [0.05, 0.1) is 16.2 Å². The van der Waals surface area contributed by atoms with Crippen molar-refractivity contribution in [1.82, 2.24) is 15.1 Å². The summed E-state index contributed by atoms with van der Waals surface area (Å²) >= 11 is 6.81. The van der Waals surface area contributed by atoms with Gasteiger partial charge in [0.25, 0.3) is 0 Å². The van der Waals surface area contributed by atoms with E-state index in [0.29, 0.717) is 46.8 Å². The van der Waals surface area contributed by atoms with E-state index in [4.69, 9.17) is 31.3 Å². The minimum atomic E-state index is -1.69. The minimum Gasteiger partial charge on any atom is -0.486 e. The van der Waals surface area contributed by atoms with Crippen molar-refractivity contribution in [2.24, 2.45) is 7.05 Å². The number of halogens is 1. The van der Waals surface area contributed by atoms with Gasteiger partial charge in [-0.15, -0.1) is 0 Å². The maximum Gasteiger partial charge on any atom is 0.332 e. The summed E-state index contributed by atoms with van der Waals surface area (Å²) < 4.78 is 13.0. The molecular weight excluding hydrogens is 500 g/mol. The average Bonchev–Trinajstić information content (AvgIpc) is 3.19. The molecule has 0 atom stereocenters. The summed E-state index contributed by atoms with van der Waals surface area (Å²) in [7, 11) is 1.79. The Hall–Kier alpha value is -4.28. The number of aliphatic carboxylic acids is 2. The molecule has 190 valence electrons. The second-order valence-corrected chi connectivity index (χ2v) is 8.84. The van der Waals surface area contributed by atoms with Crippen LogP contribution in [0.4, 0.5) is 11.5 Å². The Morgan fingerprint density at radius 2 is 1.81 bits per heavy atom.